The Labute approximate surface area is 79.5 Å². The maximum atomic E-state index is 11.0. The topological polar surface area (TPSA) is 56.0 Å². The summed E-state index contributed by atoms with van der Waals surface area (Å²) in [4.78, 5) is 14.6. The van der Waals surface area contributed by atoms with Gasteiger partial charge in [0, 0.05) is 5.69 Å². The van der Waals surface area contributed by atoms with Crippen LogP contribution in [0.5, 0.6) is 0 Å². The van der Waals surface area contributed by atoms with Gasteiger partial charge in [-0.15, -0.1) is 0 Å². The molecule has 0 bridgehead atoms. The van der Waals surface area contributed by atoms with E-state index in [2.05, 4.69) is 4.98 Å². The van der Waals surface area contributed by atoms with Crippen molar-refractivity contribution in [1.82, 2.24) is 4.98 Å². The summed E-state index contributed by atoms with van der Waals surface area (Å²) >= 11 is 11.2. The molecule has 0 saturated carbocycles. The lowest BCUT2D eigenvalue weighted by atomic mass is 10.2. The zero-order valence-corrected chi connectivity index (χ0v) is 7.78. The molecule has 0 atom stereocenters. The minimum atomic E-state index is -0.221. The first-order valence-electron chi connectivity index (χ1n) is 3.15. The van der Waals surface area contributed by atoms with E-state index in [4.69, 9.17) is 28.9 Å². The van der Waals surface area contributed by atoms with Crippen LogP contribution in [0.15, 0.2) is 6.07 Å². The quantitative estimate of drug-likeness (QED) is 0.564. The van der Waals surface area contributed by atoms with Gasteiger partial charge in [-0.3, -0.25) is 4.79 Å². The molecule has 0 aromatic carbocycles. The smallest absolute Gasteiger partial charge is 0.164 e. The van der Waals surface area contributed by atoms with Crippen LogP contribution in [-0.2, 0) is 0 Å². The van der Waals surface area contributed by atoms with Gasteiger partial charge in [0.15, 0.2) is 5.78 Å². The van der Waals surface area contributed by atoms with Crippen LogP contribution in [0.2, 0.25) is 10.3 Å². The molecule has 2 N–H and O–H groups in total. The van der Waals surface area contributed by atoms with Crippen molar-refractivity contribution in [3.05, 3.63) is 21.9 Å². The second-order valence-electron chi connectivity index (χ2n) is 2.26. The maximum Gasteiger partial charge on any atom is 0.164 e. The van der Waals surface area contributed by atoms with Gasteiger partial charge in [0.2, 0.25) is 0 Å². The lowest BCUT2D eigenvalue weighted by Gasteiger charge is -2.03. The molecule has 0 aliphatic rings. The number of hydrogen-bond acceptors (Lipinski definition) is 3. The number of pyridine rings is 1. The summed E-state index contributed by atoms with van der Waals surface area (Å²) in [5, 5.41) is 0.231. The number of carbonyl (C=O) groups excluding carboxylic acids is 1. The highest BCUT2D eigenvalue weighted by Crippen LogP contribution is 2.23. The average molecular weight is 205 g/mol. The van der Waals surface area contributed by atoms with Crippen LogP contribution in [0.3, 0.4) is 0 Å². The molecule has 0 saturated heterocycles. The molecule has 12 heavy (non-hydrogen) atoms. The van der Waals surface area contributed by atoms with Crippen LogP contribution >= 0.6 is 23.2 Å². The van der Waals surface area contributed by atoms with Crippen molar-refractivity contribution in [1.29, 1.82) is 0 Å². The van der Waals surface area contributed by atoms with Gasteiger partial charge in [0.1, 0.15) is 10.3 Å². The van der Waals surface area contributed by atoms with E-state index in [1.165, 1.54) is 13.0 Å². The largest absolute Gasteiger partial charge is 0.398 e. The summed E-state index contributed by atoms with van der Waals surface area (Å²) < 4.78 is 0. The maximum absolute atomic E-state index is 11.0. The van der Waals surface area contributed by atoms with Crippen molar-refractivity contribution < 1.29 is 4.79 Å². The van der Waals surface area contributed by atoms with Crippen LogP contribution in [0.1, 0.15) is 17.3 Å². The molecule has 64 valence electrons. The van der Waals surface area contributed by atoms with Gasteiger partial charge >= 0.3 is 0 Å². The fraction of sp³-hybridized carbons (Fsp3) is 0.143. The third kappa shape index (κ3) is 1.68. The normalized spacial score (nSPS) is 9.92. The van der Waals surface area contributed by atoms with Gasteiger partial charge in [0.05, 0.1) is 5.56 Å². The van der Waals surface area contributed by atoms with E-state index in [-0.39, 0.29) is 27.3 Å². The van der Waals surface area contributed by atoms with Gasteiger partial charge in [-0.25, -0.2) is 4.98 Å². The van der Waals surface area contributed by atoms with Crippen molar-refractivity contribution in [3.8, 4) is 0 Å². The van der Waals surface area contributed by atoms with Gasteiger partial charge in [-0.1, -0.05) is 23.2 Å². The van der Waals surface area contributed by atoms with Gasteiger partial charge < -0.3 is 5.73 Å². The molecule has 5 heteroatoms. The number of Topliss-reactive ketones (excluding diaryl/α,β-unsaturated/α-hetero) is 1. The SMILES string of the molecule is CC(=O)c1c(N)cc(Cl)nc1Cl. The fourth-order valence-corrected chi connectivity index (χ4v) is 1.43. The van der Waals surface area contributed by atoms with E-state index in [1.807, 2.05) is 0 Å². The summed E-state index contributed by atoms with van der Waals surface area (Å²) in [6.45, 7) is 1.37. The first kappa shape index (κ1) is 9.29. The number of anilines is 1. The van der Waals surface area contributed by atoms with Crippen LogP contribution in [0.25, 0.3) is 0 Å². The number of rotatable bonds is 1. The van der Waals surface area contributed by atoms with E-state index in [0.717, 1.165) is 0 Å². The average Bonchev–Trinajstić information content (AvgIpc) is 1.82. The van der Waals surface area contributed by atoms with Crippen LogP contribution in [0, 0.1) is 0 Å². The standard InChI is InChI=1S/C7H6Cl2N2O/c1-3(12)6-4(10)2-5(8)11-7(6)9/h2H,1H3,(H2,10,11). The van der Waals surface area contributed by atoms with Crippen LogP contribution < -0.4 is 5.73 Å². The first-order chi connectivity index (χ1) is 5.52. The summed E-state index contributed by atoms with van der Waals surface area (Å²) in [6, 6.07) is 1.39. The number of aromatic nitrogens is 1. The van der Waals surface area contributed by atoms with Gasteiger partial charge in [-0.05, 0) is 13.0 Å². The Balaban J connectivity index is 3.38. The van der Waals surface area contributed by atoms with Crippen molar-refractivity contribution in [2.24, 2.45) is 0 Å². The number of nitrogens with two attached hydrogens (primary N) is 1. The first-order valence-corrected chi connectivity index (χ1v) is 3.90. The molecule has 0 unspecified atom stereocenters. The number of halogens is 2. The number of ketones is 1. The van der Waals surface area contributed by atoms with Crippen molar-refractivity contribution in [2.75, 3.05) is 5.73 Å². The van der Waals surface area contributed by atoms with E-state index < -0.39 is 0 Å². The van der Waals surface area contributed by atoms with Crippen LogP contribution in [-0.4, -0.2) is 10.8 Å². The molecule has 0 aliphatic carbocycles. The number of nitrogens with zero attached hydrogens (tertiary/aromatic N) is 1. The number of hydrogen-bond donors (Lipinski definition) is 1. The molecule has 0 radical (unpaired) electrons. The summed E-state index contributed by atoms with van der Waals surface area (Å²) in [7, 11) is 0. The Hall–Kier alpha value is -0.800. The zero-order chi connectivity index (χ0) is 9.30. The summed E-state index contributed by atoms with van der Waals surface area (Å²) in [6.07, 6.45) is 0. The molecule has 0 fully saturated rings. The van der Waals surface area contributed by atoms with Crippen molar-refractivity contribution in [2.45, 2.75) is 6.92 Å². The van der Waals surface area contributed by atoms with E-state index in [0.29, 0.717) is 0 Å². The second-order valence-corrected chi connectivity index (χ2v) is 3.00. The highest BCUT2D eigenvalue weighted by molar-refractivity contribution is 6.35. The van der Waals surface area contributed by atoms with E-state index >= 15 is 0 Å². The van der Waals surface area contributed by atoms with Crippen molar-refractivity contribution in [3.63, 3.8) is 0 Å². The predicted octanol–water partition coefficient (Wildman–Crippen LogP) is 2.17. The fourth-order valence-electron chi connectivity index (χ4n) is 0.850. The third-order valence-corrected chi connectivity index (χ3v) is 1.79. The van der Waals surface area contributed by atoms with Gasteiger partial charge in [-0.2, -0.15) is 0 Å². The van der Waals surface area contributed by atoms with Crippen LogP contribution in [0.4, 0.5) is 5.69 Å². The summed E-state index contributed by atoms with van der Waals surface area (Å²) in [5.74, 6) is -0.221. The van der Waals surface area contributed by atoms with E-state index in [9.17, 15) is 4.79 Å². The molecule has 1 aromatic rings. The number of carbonyl (C=O) groups is 1. The van der Waals surface area contributed by atoms with E-state index in [1.54, 1.807) is 0 Å². The van der Waals surface area contributed by atoms with Gasteiger partial charge in [0.25, 0.3) is 0 Å². The third-order valence-electron chi connectivity index (χ3n) is 1.33. The highest BCUT2D eigenvalue weighted by atomic mass is 35.5. The lowest BCUT2D eigenvalue weighted by Crippen LogP contribution is -2.02. The van der Waals surface area contributed by atoms with Crippen molar-refractivity contribution >= 4 is 34.7 Å². The Bertz CT molecular complexity index is 315. The lowest BCUT2D eigenvalue weighted by molar-refractivity contribution is 0.101. The molecular formula is C7H6Cl2N2O. The molecule has 3 nitrogen and oxygen atoms in total. The molecule has 0 amide bonds. The molecule has 0 aliphatic heterocycles. The summed E-state index contributed by atoms with van der Waals surface area (Å²) in [5.41, 5.74) is 5.97. The molecule has 1 heterocycles. The molecular weight excluding hydrogens is 199 g/mol. The Kier molecular flexibility index (Phi) is 2.55. The molecule has 1 aromatic heterocycles. The molecule has 1 rings (SSSR count). The minimum absolute atomic E-state index is 0.0486. The second kappa shape index (κ2) is 3.29. The Morgan fingerprint density at radius 2 is 2.17 bits per heavy atom. The zero-order valence-electron chi connectivity index (χ0n) is 6.27. The minimum Gasteiger partial charge on any atom is -0.398 e. The number of nitrogen functional groups attached to an aromatic ring is 1. The Morgan fingerprint density at radius 3 is 2.58 bits per heavy atom. The Morgan fingerprint density at radius 1 is 1.58 bits per heavy atom. The monoisotopic (exact) mass is 204 g/mol. The predicted molar refractivity (Wildman–Crippen MR) is 48.7 cm³/mol. The molecule has 0 spiro atoms. The highest BCUT2D eigenvalue weighted by Gasteiger charge is 2.11.